The van der Waals surface area contributed by atoms with Crippen LogP contribution in [-0.4, -0.2) is 17.1 Å². The van der Waals surface area contributed by atoms with Gasteiger partial charge in [-0.2, -0.15) is 0 Å². The molecule has 0 aliphatic heterocycles. The Balaban J connectivity index is 2.18. The van der Waals surface area contributed by atoms with Crippen LogP contribution in [0.4, 0.5) is 5.69 Å². The second kappa shape index (κ2) is 6.09. The fourth-order valence-electron chi connectivity index (χ4n) is 3.11. The highest BCUT2D eigenvalue weighted by Crippen LogP contribution is 2.30. The van der Waals surface area contributed by atoms with Crippen molar-refractivity contribution in [3.05, 3.63) is 29.3 Å². The Hall–Kier alpha value is -1.51. The predicted octanol–water partition coefficient (Wildman–Crippen LogP) is 4.07. The van der Waals surface area contributed by atoms with Gasteiger partial charge in [-0.05, 0) is 43.4 Å². The van der Waals surface area contributed by atoms with E-state index < -0.39 is 5.97 Å². The van der Waals surface area contributed by atoms with Gasteiger partial charge in [0.05, 0.1) is 5.56 Å². The average Bonchev–Trinajstić information content (AvgIpc) is 2.41. The van der Waals surface area contributed by atoms with Crippen LogP contribution < -0.4 is 5.32 Å². The molecule has 1 aromatic rings. The van der Waals surface area contributed by atoms with E-state index in [9.17, 15) is 4.79 Å². The number of carboxylic acids is 1. The molecule has 2 atom stereocenters. The number of benzene rings is 1. The molecule has 1 aromatic carbocycles. The highest BCUT2D eigenvalue weighted by molar-refractivity contribution is 5.91. The molecule has 1 fully saturated rings. The lowest BCUT2D eigenvalue weighted by Gasteiger charge is -2.33. The molecular weight excluding hydrogens is 238 g/mol. The lowest BCUT2D eigenvalue weighted by atomic mass is 9.82. The zero-order valence-electron chi connectivity index (χ0n) is 11.8. The Morgan fingerprint density at radius 2 is 2.11 bits per heavy atom. The lowest BCUT2D eigenvalue weighted by molar-refractivity contribution is 0.0696. The van der Waals surface area contributed by atoms with Crippen molar-refractivity contribution in [3.63, 3.8) is 0 Å². The van der Waals surface area contributed by atoms with Crippen molar-refractivity contribution >= 4 is 11.7 Å². The average molecular weight is 261 g/mol. The van der Waals surface area contributed by atoms with E-state index in [4.69, 9.17) is 5.11 Å². The zero-order chi connectivity index (χ0) is 13.8. The fraction of sp³-hybridized carbons (Fsp3) is 0.562. The smallest absolute Gasteiger partial charge is 0.336 e. The van der Waals surface area contributed by atoms with E-state index in [0.29, 0.717) is 17.5 Å². The van der Waals surface area contributed by atoms with Gasteiger partial charge in [0.15, 0.2) is 0 Å². The Kier molecular flexibility index (Phi) is 4.46. The van der Waals surface area contributed by atoms with E-state index >= 15 is 0 Å². The molecule has 3 nitrogen and oxygen atoms in total. The van der Waals surface area contributed by atoms with Gasteiger partial charge < -0.3 is 10.4 Å². The van der Waals surface area contributed by atoms with Crippen LogP contribution in [0.5, 0.6) is 0 Å². The Morgan fingerprint density at radius 1 is 1.37 bits per heavy atom. The topological polar surface area (TPSA) is 49.3 Å². The van der Waals surface area contributed by atoms with Crippen molar-refractivity contribution in [1.29, 1.82) is 0 Å². The van der Waals surface area contributed by atoms with E-state index in [1.807, 2.05) is 19.1 Å². The van der Waals surface area contributed by atoms with Crippen molar-refractivity contribution in [3.8, 4) is 0 Å². The number of rotatable bonds is 4. The Labute approximate surface area is 115 Å². The summed E-state index contributed by atoms with van der Waals surface area (Å²) in [6, 6.07) is 5.97. The van der Waals surface area contributed by atoms with Gasteiger partial charge in [-0.1, -0.05) is 32.3 Å². The number of carboxylic acid groups (broad SMARTS) is 1. The van der Waals surface area contributed by atoms with Crippen LogP contribution in [0, 0.1) is 12.8 Å². The van der Waals surface area contributed by atoms with Crippen LogP contribution in [-0.2, 0) is 0 Å². The first-order valence-corrected chi connectivity index (χ1v) is 7.23. The third-order valence-corrected chi connectivity index (χ3v) is 4.34. The standard InChI is InChI=1S/C16H23NO2/c1-3-12-7-4-5-9-15(12)17-14-10-6-8-13(11(14)2)16(18)19/h6,8,10,12,15,17H,3-5,7,9H2,1-2H3,(H,18,19). The predicted molar refractivity (Wildman–Crippen MR) is 77.8 cm³/mol. The fourth-order valence-corrected chi connectivity index (χ4v) is 3.11. The molecule has 1 saturated carbocycles. The molecule has 19 heavy (non-hydrogen) atoms. The summed E-state index contributed by atoms with van der Waals surface area (Å²) in [6.45, 7) is 4.13. The number of carbonyl (C=O) groups is 1. The molecule has 3 heteroatoms. The first-order chi connectivity index (χ1) is 9.13. The van der Waals surface area contributed by atoms with Crippen LogP contribution in [0.2, 0.25) is 0 Å². The van der Waals surface area contributed by atoms with Crippen molar-refractivity contribution < 1.29 is 9.90 Å². The maximum Gasteiger partial charge on any atom is 0.336 e. The number of anilines is 1. The molecule has 0 bridgehead atoms. The minimum absolute atomic E-state index is 0.397. The molecule has 0 saturated heterocycles. The summed E-state index contributed by atoms with van der Waals surface area (Å²) < 4.78 is 0. The van der Waals surface area contributed by atoms with Crippen LogP contribution in [0.1, 0.15) is 54.9 Å². The summed E-state index contributed by atoms with van der Waals surface area (Å²) in [5, 5.41) is 12.7. The summed E-state index contributed by atoms with van der Waals surface area (Å²) in [5.41, 5.74) is 2.22. The van der Waals surface area contributed by atoms with Crippen LogP contribution in [0.3, 0.4) is 0 Å². The summed E-state index contributed by atoms with van der Waals surface area (Å²) >= 11 is 0. The second-order valence-corrected chi connectivity index (χ2v) is 5.49. The van der Waals surface area contributed by atoms with E-state index in [-0.39, 0.29) is 0 Å². The molecule has 104 valence electrons. The maximum atomic E-state index is 11.2. The first-order valence-electron chi connectivity index (χ1n) is 7.23. The highest BCUT2D eigenvalue weighted by Gasteiger charge is 2.24. The van der Waals surface area contributed by atoms with Crippen LogP contribution in [0.25, 0.3) is 0 Å². The van der Waals surface area contributed by atoms with Gasteiger partial charge in [0.1, 0.15) is 0 Å². The number of aromatic carboxylic acids is 1. The SMILES string of the molecule is CCC1CCCCC1Nc1cccc(C(=O)O)c1C. The monoisotopic (exact) mass is 261 g/mol. The number of hydrogen-bond donors (Lipinski definition) is 2. The van der Waals surface area contributed by atoms with Gasteiger partial charge in [0.25, 0.3) is 0 Å². The number of nitrogens with one attached hydrogen (secondary N) is 1. The van der Waals surface area contributed by atoms with Gasteiger partial charge in [0, 0.05) is 11.7 Å². The molecule has 2 unspecified atom stereocenters. The van der Waals surface area contributed by atoms with Gasteiger partial charge >= 0.3 is 5.97 Å². The summed E-state index contributed by atoms with van der Waals surface area (Å²) in [4.78, 5) is 11.2. The third-order valence-electron chi connectivity index (χ3n) is 4.34. The van der Waals surface area contributed by atoms with Gasteiger partial charge in [-0.3, -0.25) is 0 Å². The Morgan fingerprint density at radius 3 is 2.79 bits per heavy atom. The quantitative estimate of drug-likeness (QED) is 0.858. The molecule has 1 aliphatic rings. The maximum absolute atomic E-state index is 11.2. The number of hydrogen-bond acceptors (Lipinski definition) is 2. The van der Waals surface area contributed by atoms with Crippen molar-refractivity contribution in [2.45, 2.75) is 52.0 Å². The highest BCUT2D eigenvalue weighted by atomic mass is 16.4. The summed E-state index contributed by atoms with van der Waals surface area (Å²) in [6.07, 6.45) is 6.26. The molecule has 0 spiro atoms. The molecule has 1 aliphatic carbocycles. The van der Waals surface area contributed by atoms with Gasteiger partial charge in [-0.25, -0.2) is 4.79 Å². The second-order valence-electron chi connectivity index (χ2n) is 5.49. The van der Waals surface area contributed by atoms with Crippen LogP contribution in [0.15, 0.2) is 18.2 Å². The van der Waals surface area contributed by atoms with Crippen LogP contribution >= 0.6 is 0 Å². The van der Waals surface area contributed by atoms with E-state index in [2.05, 4.69) is 12.2 Å². The third kappa shape index (κ3) is 3.09. The largest absolute Gasteiger partial charge is 0.478 e. The summed E-state index contributed by atoms with van der Waals surface area (Å²) in [7, 11) is 0. The molecular formula is C16H23NO2. The molecule has 2 N–H and O–H groups in total. The van der Waals surface area contributed by atoms with Crippen molar-refractivity contribution in [1.82, 2.24) is 0 Å². The Bertz CT molecular complexity index is 456. The van der Waals surface area contributed by atoms with E-state index in [0.717, 1.165) is 11.3 Å². The zero-order valence-corrected chi connectivity index (χ0v) is 11.8. The molecule has 2 rings (SSSR count). The minimum atomic E-state index is -0.850. The van der Waals surface area contributed by atoms with E-state index in [1.165, 1.54) is 32.1 Å². The molecule has 0 amide bonds. The molecule has 0 radical (unpaired) electrons. The minimum Gasteiger partial charge on any atom is -0.478 e. The molecule has 0 heterocycles. The van der Waals surface area contributed by atoms with Crippen molar-refractivity contribution in [2.24, 2.45) is 5.92 Å². The summed E-state index contributed by atoms with van der Waals surface area (Å²) in [5.74, 6) is -0.140. The van der Waals surface area contributed by atoms with Crippen molar-refractivity contribution in [2.75, 3.05) is 5.32 Å². The lowest BCUT2D eigenvalue weighted by Crippen LogP contribution is -2.32. The van der Waals surface area contributed by atoms with E-state index in [1.54, 1.807) is 6.07 Å². The molecule has 0 aromatic heterocycles. The van der Waals surface area contributed by atoms with Gasteiger partial charge in [-0.15, -0.1) is 0 Å². The first kappa shape index (κ1) is 13.9. The normalized spacial score (nSPS) is 23.1. The van der Waals surface area contributed by atoms with Gasteiger partial charge in [0.2, 0.25) is 0 Å².